The Bertz CT molecular complexity index is 124. The molecular weight excluding hydrogens is 138 g/mol. The van der Waals surface area contributed by atoms with Crippen molar-refractivity contribution in [3.63, 3.8) is 0 Å². The first kappa shape index (κ1) is 10.5. The van der Waals surface area contributed by atoms with Gasteiger partial charge in [0.25, 0.3) is 0 Å². The number of hydrogen-bond acceptors (Lipinski definition) is 1. The molecule has 0 aromatic carbocycles. The van der Waals surface area contributed by atoms with Gasteiger partial charge in [-0.25, -0.2) is 0 Å². The van der Waals surface area contributed by atoms with Gasteiger partial charge in [-0.2, -0.15) is 0 Å². The lowest BCUT2D eigenvalue weighted by atomic mass is 9.96. The third-order valence-electron chi connectivity index (χ3n) is 1.41. The van der Waals surface area contributed by atoms with Gasteiger partial charge in [-0.15, -0.1) is 0 Å². The maximum Gasteiger partial charge on any atom is 0.246 e. The highest BCUT2D eigenvalue weighted by atomic mass is 16.2. The molecule has 0 aromatic heterocycles. The van der Waals surface area contributed by atoms with Crippen LogP contribution in [0.2, 0.25) is 0 Å². The number of amides is 1. The lowest BCUT2D eigenvalue weighted by molar-refractivity contribution is -0.128. The minimum absolute atomic E-state index is 0.0194. The molecule has 0 unspecified atom stereocenters. The molecule has 1 amide bonds. The van der Waals surface area contributed by atoms with E-state index < -0.39 is 0 Å². The maximum absolute atomic E-state index is 11.2. The van der Waals surface area contributed by atoms with Gasteiger partial charge in [0.1, 0.15) is 0 Å². The third-order valence-corrected chi connectivity index (χ3v) is 1.41. The van der Waals surface area contributed by atoms with Gasteiger partial charge in [0.2, 0.25) is 5.91 Å². The summed E-state index contributed by atoms with van der Waals surface area (Å²) >= 11 is 0. The molecule has 0 bridgehead atoms. The summed E-state index contributed by atoms with van der Waals surface area (Å²) in [6.45, 7) is 8.46. The SMILES string of the molecule is CCCC[N]C(=O)C(C)(C)C. The normalized spacial score (nSPS) is 11.3. The lowest BCUT2D eigenvalue weighted by Crippen LogP contribution is -2.29. The van der Waals surface area contributed by atoms with E-state index in [-0.39, 0.29) is 11.3 Å². The summed E-state index contributed by atoms with van der Waals surface area (Å²) < 4.78 is 0. The van der Waals surface area contributed by atoms with E-state index in [0.29, 0.717) is 6.54 Å². The van der Waals surface area contributed by atoms with Crippen molar-refractivity contribution < 1.29 is 4.79 Å². The maximum atomic E-state index is 11.2. The van der Waals surface area contributed by atoms with Crippen molar-refractivity contribution in [3.8, 4) is 0 Å². The molecule has 0 fully saturated rings. The van der Waals surface area contributed by atoms with E-state index >= 15 is 0 Å². The van der Waals surface area contributed by atoms with Gasteiger partial charge in [0, 0.05) is 12.0 Å². The molecule has 0 saturated carbocycles. The Labute approximate surface area is 69.4 Å². The predicted molar refractivity (Wildman–Crippen MR) is 46.4 cm³/mol. The minimum Gasteiger partial charge on any atom is -0.272 e. The van der Waals surface area contributed by atoms with Crippen LogP contribution in [0.25, 0.3) is 0 Å². The molecule has 0 aliphatic carbocycles. The van der Waals surface area contributed by atoms with E-state index in [1.807, 2.05) is 20.8 Å². The van der Waals surface area contributed by atoms with Crippen LogP contribution in [-0.4, -0.2) is 12.5 Å². The molecule has 0 heterocycles. The summed E-state index contributed by atoms with van der Waals surface area (Å²) in [6.07, 6.45) is 2.11. The van der Waals surface area contributed by atoms with Crippen molar-refractivity contribution in [1.82, 2.24) is 5.32 Å². The topological polar surface area (TPSA) is 31.2 Å². The second-order valence-electron chi connectivity index (χ2n) is 3.79. The molecule has 0 saturated heterocycles. The van der Waals surface area contributed by atoms with Gasteiger partial charge < -0.3 is 0 Å². The average molecular weight is 156 g/mol. The van der Waals surface area contributed by atoms with Gasteiger partial charge in [-0.05, 0) is 6.42 Å². The Morgan fingerprint density at radius 2 is 1.91 bits per heavy atom. The quantitative estimate of drug-likeness (QED) is 0.575. The van der Waals surface area contributed by atoms with Gasteiger partial charge in [0.05, 0.1) is 0 Å². The Kier molecular flexibility index (Phi) is 4.16. The van der Waals surface area contributed by atoms with Gasteiger partial charge in [-0.3, -0.25) is 10.1 Å². The van der Waals surface area contributed by atoms with E-state index in [4.69, 9.17) is 0 Å². The van der Waals surface area contributed by atoms with Crippen molar-refractivity contribution in [2.45, 2.75) is 40.5 Å². The zero-order valence-corrected chi connectivity index (χ0v) is 7.98. The molecule has 0 spiro atoms. The fraction of sp³-hybridized carbons (Fsp3) is 0.889. The highest BCUT2D eigenvalue weighted by Gasteiger charge is 2.21. The molecule has 0 aliphatic heterocycles. The van der Waals surface area contributed by atoms with Gasteiger partial charge in [0.15, 0.2) is 0 Å². The summed E-state index contributed by atoms with van der Waals surface area (Å²) in [7, 11) is 0. The second-order valence-corrected chi connectivity index (χ2v) is 3.79. The molecule has 0 atom stereocenters. The largest absolute Gasteiger partial charge is 0.272 e. The van der Waals surface area contributed by atoms with Crippen LogP contribution in [-0.2, 0) is 4.79 Å². The highest BCUT2D eigenvalue weighted by Crippen LogP contribution is 2.12. The van der Waals surface area contributed by atoms with E-state index in [0.717, 1.165) is 12.8 Å². The third kappa shape index (κ3) is 4.82. The number of nitrogens with zero attached hydrogens (tertiary/aromatic N) is 1. The molecule has 0 aromatic rings. The number of rotatable bonds is 3. The summed E-state index contributed by atoms with van der Waals surface area (Å²) in [5.41, 5.74) is -0.298. The smallest absolute Gasteiger partial charge is 0.246 e. The van der Waals surface area contributed by atoms with Crippen LogP contribution in [0.15, 0.2) is 0 Å². The molecule has 0 aliphatic rings. The van der Waals surface area contributed by atoms with Crippen molar-refractivity contribution in [1.29, 1.82) is 0 Å². The Balaban J connectivity index is 3.54. The summed E-state index contributed by atoms with van der Waals surface area (Å²) in [4.78, 5) is 11.2. The van der Waals surface area contributed by atoms with Crippen LogP contribution in [0.3, 0.4) is 0 Å². The highest BCUT2D eigenvalue weighted by molar-refractivity contribution is 5.80. The molecule has 65 valence electrons. The van der Waals surface area contributed by atoms with Crippen LogP contribution in [0.5, 0.6) is 0 Å². The first-order valence-corrected chi connectivity index (χ1v) is 4.20. The number of carbonyl (C=O) groups excluding carboxylic acids is 1. The first-order valence-electron chi connectivity index (χ1n) is 4.20. The van der Waals surface area contributed by atoms with E-state index in [2.05, 4.69) is 12.2 Å². The van der Waals surface area contributed by atoms with Crippen molar-refractivity contribution in [2.75, 3.05) is 6.54 Å². The van der Waals surface area contributed by atoms with Gasteiger partial charge in [-0.1, -0.05) is 34.1 Å². The van der Waals surface area contributed by atoms with Crippen LogP contribution in [0.1, 0.15) is 40.5 Å². The second kappa shape index (κ2) is 4.37. The van der Waals surface area contributed by atoms with E-state index in [9.17, 15) is 4.79 Å². The van der Waals surface area contributed by atoms with Crippen LogP contribution in [0.4, 0.5) is 0 Å². The van der Waals surface area contributed by atoms with Crippen LogP contribution < -0.4 is 5.32 Å². The summed E-state index contributed by atoms with van der Waals surface area (Å²) in [6, 6.07) is 0. The summed E-state index contributed by atoms with van der Waals surface area (Å²) in [5.74, 6) is 0.0194. The van der Waals surface area contributed by atoms with E-state index in [1.54, 1.807) is 0 Å². The number of carbonyl (C=O) groups is 1. The standard InChI is InChI=1S/C9H18NO/c1-5-6-7-10-8(11)9(2,3)4/h5-7H2,1-4H3. The summed E-state index contributed by atoms with van der Waals surface area (Å²) in [5, 5.41) is 3.95. The van der Waals surface area contributed by atoms with Crippen molar-refractivity contribution >= 4 is 5.91 Å². The average Bonchev–Trinajstić information content (AvgIpc) is 1.86. The minimum atomic E-state index is -0.298. The first-order chi connectivity index (χ1) is 4.98. The molecule has 11 heavy (non-hydrogen) atoms. The zero-order valence-electron chi connectivity index (χ0n) is 7.98. The Morgan fingerprint density at radius 3 is 2.27 bits per heavy atom. The van der Waals surface area contributed by atoms with Crippen molar-refractivity contribution in [3.05, 3.63) is 0 Å². The Hall–Kier alpha value is -0.530. The fourth-order valence-corrected chi connectivity index (χ4v) is 0.576. The predicted octanol–water partition coefficient (Wildman–Crippen LogP) is 1.96. The number of hydrogen-bond donors (Lipinski definition) is 0. The van der Waals surface area contributed by atoms with Gasteiger partial charge >= 0.3 is 0 Å². The zero-order chi connectivity index (χ0) is 8.91. The monoisotopic (exact) mass is 156 g/mol. The molecular formula is C9H18NO. The molecule has 2 nitrogen and oxygen atoms in total. The lowest BCUT2D eigenvalue weighted by Gasteiger charge is -2.15. The number of unbranched alkanes of at least 4 members (excludes halogenated alkanes) is 1. The fourth-order valence-electron chi connectivity index (χ4n) is 0.576. The molecule has 0 N–H and O–H groups in total. The molecule has 0 rings (SSSR count). The molecule has 2 heteroatoms. The Morgan fingerprint density at radius 1 is 1.36 bits per heavy atom. The van der Waals surface area contributed by atoms with Crippen LogP contribution >= 0.6 is 0 Å². The van der Waals surface area contributed by atoms with E-state index in [1.165, 1.54) is 0 Å². The van der Waals surface area contributed by atoms with Crippen LogP contribution in [0, 0.1) is 5.41 Å². The molecule has 1 radical (unpaired) electrons. The van der Waals surface area contributed by atoms with Crippen molar-refractivity contribution in [2.24, 2.45) is 5.41 Å².